The molecular weight excluding hydrogens is 444 g/mol. The van der Waals surface area contributed by atoms with Crippen LogP contribution in [0.3, 0.4) is 0 Å². The fourth-order valence-corrected chi connectivity index (χ4v) is 4.76. The average Bonchev–Trinajstić information content (AvgIpc) is 3.23. The Bertz CT molecular complexity index is 1000. The molecule has 0 aliphatic carbocycles. The van der Waals surface area contributed by atoms with E-state index < -0.39 is 17.2 Å². The Morgan fingerprint density at radius 2 is 1.77 bits per heavy atom. The summed E-state index contributed by atoms with van der Waals surface area (Å²) >= 11 is 8.46. The minimum Gasteiger partial charge on any atom is -0.504 e. The van der Waals surface area contributed by atoms with Crippen LogP contribution in [0.4, 0.5) is 0 Å². The van der Waals surface area contributed by atoms with Gasteiger partial charge in [0.05, 0.1) is 11.5 Å². The highest BCUT2D eigenvalue weighted by atomic mass is 32.2. The first-order chi connectivity index (χ1) is 14.3. The molecular formula is C20H20N2O5S3. The lowest BCUT2D eigenvalue weighted by molar-refractivity contribution is 0.367. The van der Waals surface area contributed by atoms with Crippen LogP contribution >= 0.6 is 35.7 Å². The van der Waals surface area contributed by atoms with Crippen LogP contribution in [0.2, 0.25) is 0 Å². The molecule has 30 heavy (non-hydrogen) atoms. The van der Waals surface area contributed by atoms with Gasteiger partial charge in [0.1, 0.15) is 4.38 Å². The van der Waals surface area contributed by atoms with Crippen molar-refractivity contribution in [3.63, 3.8) is 0 Å². The van der Waals surface area contributed by atoms with Gasteiger partial charge in [-0.3, -0.25) is 4.99 Å². The molecule has 0 saturated heterocycles. The first-order valence-corrected chi connectivity index (χ1v) is 11.3. The number of hydrogen-bond donors (Lipinski definition) is 6. The molecule has 1 aliphatic heterocycles. The highest BCUT2D eigenvalue weighted by molar-refractivity contribution is 8.38. The fraction of sp³-hybridized carbons (Fsp3) is 0.200. The Morgan fingerprint density at radius 1 is 1.07 bits per heavy atom. The van der Waals surface area contributed by atoms with Crippen molar-refractivity contribution in [3.8, 4) is 28.7 Å². The van der Waals surface area contributed by atoms with E-state index in [2.05, 4.69) is 10.3 Å². The van der Waals surface area contributed by atoms with Gasteiger partial charge in [0, 0.05) is 23.6 Å². The summed E-state index contributed by atoms with van der Waals surface area (Å²) in [6, 6.07) is 5.87. The van der Waals surface area contributed by atoms with Gasteiger partial charge in [-0.05, 0) is 41.5 Å². The van der Waals surface area contributed by atoms with Gasteiger partial charge in [-0.25, -0.2) is 0 Å². The molecule has 1 aliphatic rings. The zero-order valence-corrected chi connectivity index (χ0v) is 18.2. The van der Waals surface area contributed by atoms with Gasteiger partial charge in [-0.15, -0.1) is 0 Å². The maximum atomic E-state index is 10.1. The molecule has 0 radical (unpaired) electrons. The molecule has 0 spiro atoms. The summed E-state index contributed by atoms with van der Waals surface area (Å²) in [4.78, 5) is 4.75. The third kappa shape index (κ3) is 5.74. The zero-order chi connectivity index (χ0) is 21.7. The van der Waals surface area contributed by atoms with E-state index in [1.165, 1.54) is 30.0 Å². The number of benzene rings is 2. The number of nitrogens with one attached hydrogen (secondary N) is 1. The molecule has 6 N–H and O–H groups in total. The topological polar surface area (TPSA) is 126 Å². The van der Waals surface area contributed by atoms with E-state index in [4.69, 9.17) is 12.2 Å². The standard InChI is InChI=1S/C20H20N2O5S3/c23-14-6-11(5-13(18(14)26)10-30-20-21-3-4-29-20)1-2-17(28)22-9-12-7-15(24)19(27)16(25)8-12/h1-2,5-8,23-27H,3-4,9-10H2,(H,22,28). The second-order valence-electron chi connectivity index (χ2n) is 6.37. The Labute approximate surface area is 187 Å². The van der Waals surface area contributed by atoms with E-state index in [0.717, 1.165) is 16.7 Å². The SMILES string of the molecule is Oc1cc(CNC(=S)C=Cc2cc(O)c(O)c(CSC3=NCCS3)c2)cc(O)c1O. The minimum atomic E-state index is -0.569. The number of aliphatic imine (C=N–C) groups is 1. The molecule has 158 valence electrons. The lowest BCUT2D eigenvalue weighted by Crippen LogP contribution is -2.18. The molecule has 0 atom stereocenters. The smallest absolute Gasteiger partial charge is 0.200 e. The van der Waals surface area contributed by atoms with Crippen molar-refractivity contribution in [3.05, 3.63) is 47.0 Å². The normalized spacial score (nSPS) is 13.5. The van der Waals surface area contributed by atoms with E-state index in [9.17, 15) is 25.5 Å². The second-order valence-corrected chi connectivity index (χ2v) is 9.11. The third-order valence-corrected chi connectivity index (χ3v) is 6.70. The number of thioether (sulfide) groups is 2. The Kier molecular flexibility index (Phi) is 7.35. The highest BCUT2D eigenvalue weighted by Gasteiger charge is 2.13. The largest absolute Gasteiger partial charge is 0.504 e. The van der Waals surface area contributed by atoms with Gasteiger partial charge in [0.25, 0.3) is 0 Å². The maximum Gasteiger partial charge on any atom is 0.200 e. The monoisotopic (exact) mass is 464 g/mol. The van der Waals surface area contributed by atoms with Gasteiger partial charge in [0.2, 0.25) is 0 Å². The van der Waals surface area contributed by atoms with Crippen molar-refractivity contribution in [2.75, 3.05) is 12.3 Å². The molecule has 0 fully saturated rings. The first kappa shape index (κ1) is 22.1. The van der Waals surface area contributed by atoms with E-state index in [-0.39, 0.29) is 18.0 Å². The first-order valence-electron chi connectivity index (χ1n) is 8.88. The minimum absolute atomic E-state index is 0.143. The van der Waals surface area contributed by atoms with Gasteiger partial charge in [-0.1, -0.05) is 41.8 Å². The summed E-state index contributed by atoms with van der Waals surface area (Å²) in [7, 11) is 0. The number of aromatic hydroxyl groups is 5. The molecule has 7 nitrogen and oxygen atoms in total. The van der Waals surface area contributed by atoms with E-state index in [1.807, 2.05) is 0 Å². The lowest BCUT2D eigenvalue weighted by Gasteiger charge is -2.09. The molecule has 0 unspecified atom stereocenters. The Hall–Kier alpha value is -2.56. The zero-order valence-electron chi connectivity index (χ0n) is 15.7. The summed E-state index contributed by atoms with van der Waals surface area (Å²) in [6.07, 6.45) is 3.34. The predicted molar refractivity (Wildman–Crippen MR) is 126 cm³/mol. The Balaban J connectivity index is 1.62. The van der Waals surface area contributed by atoms with Gasteiger partial charge >= 0.3 is 0 Å². The quantitative estimate of drug-likeness (QED) is 0.216. The van der Waals surface area contributed by atoms with Crippen molar-refractivity contribution < 1.29 is 25.5 Å². The molecule has 2 aromatic carbocycles. The molecule has 0 bridgehead atoms. The third-order valence-electron chi connectivity index (χ3n) is 4.12. The number of phenolic OH excluding ortho intramolecular Hbond substituents is 5. The number of rotatable bonds is 6. The lowest BCUT2D eigenvalue weighted by atomic mass is 10.1. The van der Waals surface area contributed by atoms with Crippen LogP contribution in [-0.4, -0.2) is 47.2 Å². The summed E-state index contributed by atoms with van der Waals surface area (Å²) in [5.41, 5.74) is 1.81. The summed E-state index contributed by atoms with van der Waals surface area (Å²) in [6.45, 7) is 1.04. The highest BCUT2D eigenvalue weighted by Crippen LogP contribution is 2.36. The molecule has 2 aromatic rings. The number of phenols is 5. The summed E-state index contributed by atoms with van der Waals surface area (Å²) in [5.74, 6) is -0.292. The molecule has 1 heterocycles. The summed E-state index contributed by atoms with van der Waals surface area (Å²) in [5, 5.41) is 51.6. The number of nitrogens with zero attached hydrogens (tertiary/aromatic N) is 1. The van der Waals surface area contributed by atoms with Crippen molar-refractivity contribution >= 4 is 51.2 Å². The molecule has 0 aromatic heterocycles. The Morgan fingerprint density at radius 3 is 2.43 bits per heavy atom. The van der Waals surface area contributed by atoms with Crippen LogP contribution in [-0.2, 0) is 12.3 Å². The maximum absolute atomic E-state index is 10.1. The van der Waals surface area contributed by atoms with Crippen molar-refractivity contribution in [2.24, 2.45) is 4.99 Å². The molecule has 0 amide bonds. The van der Waals surface area contributed by atoms with E-state index in [0.29, 0.717) is 27.4 Å². The van der Waals surface area contributed by atoms with Crippen LogP contribution in [0.1, 0.15) is 16.7 Å². The van der Waals surface area contributed by atoms with Gasteiger partial charge in [-0.2, -0.15) is 0 Å². The average molecular weight is 465 g/mol. The number of thiocarbonyl (C=S) groups is 1. The van der Waals surface area contributed by atoms with Crippen LogP contribution in [0, 0.1) is 0 Å². The van der Waals surface area contributed by atoms with Crippen LogP contribution < -0.4 is 5.32 Å². The van der Waals surface area contributed by atoms with Gasteiger partial charge in [0.15, 0.2) is 28.7 Å². The van der Waals surface area contributed by atoms with Crippen LogP contribution in [0.25, 0.3) is 6.08 Å². The second kappa shape index (κ2) is 9.96. The van der Waals surface area contributed by atoms with E-state index in [1.54, 1.807) is 30.0 Å². The van der Waals surface area contributed by atoms with Crippen molar-refractivity contribution in [2.45, 2.75) is 12.3 Å². The predicted octanol–water partition coefficient (Wildman–Crippen LogP) is 3.68. The molecule has 10 heteroatoms. The van der Waals surface area contributed by atoms with E-state index >= 15 is 0 Å². The van der Waals surface area contributed by atoms with Crippen LogP contribution in [0.15, 0.2) is 35.3 Å². The molecule has 0 saturated carbocycles. The fourth-order valence-electron chi connectivity index (χ4n) is 2.63. The molecule has 3 rings (SSSR count). The number of hydrogen-bond acceptors (Lipinski definition) is 9. The van der Waals surface area contributed by atoms with Crippen LogP contribution in [0.5, 0.6) is 28.7 Å². The van der Waals surface area contributed by atoms with Gasteiger partial charge < -0.3 is 30.8 Å². The van der Waals surface area contributed by atoms with Crippen molar-refractivity contribution in [1.29, 1.82) is 0 Å². The van der Waals surface area contributed by atoms with Crippen molar-refractivity contribution in [1.82, 2.24) is 5.32 Å². The summed E-state index contributed by atoms with van der Waals surface area (Å²) < 4.78 is 0.978.